The van der Waals surface area contributed by atoms with E-state index < -0.39 is 6.10 Å². The second-order valence-electron chi connectivity index (χ2n) is 7.67. The smallest absolute Gasteiger partial charge is 0.410 e. The number of ether oxygens (including phenoxy) is 3. The molecule has 3 heterocycles. The third-order valence-corrected chi connectivity index (χ3v) is 6.39. The van der Waals surface area contributed by atoms with Gasteiger partial charge in [0.15, 0.2) is 6.10 Å². The summed E-state index contributed by atoms with van der Waals surface area (Å²) in [5.41, 5.74) is 0. The van der Waals surface area contributed by atoms with Crippen LogP contribution in [0.15, 0.2) is 0 Å². The molecule has 26 heavy (non-hydrogen) atoms. The molecule has 1 amide bonds. The highest BCUT2D eigenvalue weighted by atomic mass is 16.6. The van der Waals surface area contributed by atoms with E-state index in [0.717, 1.165) is 51.6 Å². The maximum atomic E-state index is 12.2. The van der Waals surface area contributed by atoms with Crippen molar-refractivity contribution < 1.29 is 23.8 Å². The first-order chi connectivity index (χ1) is 12.6. The Bertz CT molecular complexity index is 492. The fourth-order valence-corrected chi connectivity index (χ4v) is 5.13. The average molecular weight is 368 g/mol. The lowest BCUT2D eigenvalue weighted by Gasteiger charge is -2.45. The van der Waals surface area contributed by atoms with Crippen molar-refractivity contribution in [1.29, 1.82) is 0 Å². The third-order valence-electron chi connectivity index (χ3n) is 6.39. The molecule has 148 valence electrons. The van der Waals surface area contributed by atoms with E-state index in [1.807, 2.05) is 11.8 Å². The number of carbonyl (C=O) groups excluding carboxylic acids is 2. The Morgan fingerprint density at radius 2 is 1.62 bits per heavy atom. The third kappa shape index (κ3) is 3.83. The summed E-state index contributed by atoms with van der Waals surface area (Å²) in [5.74, 6) is -0.0493. The van der Waals surface area contributed by atoms with E-state index in [0.29, 0.717) is 24.7 Å². The summed E-state index contributed by atoms with van der Waals surface area (Å²) in [5, 5.41) is 0. The largest absolute Gasteiger partial charge is 0.467 e. The van der Waals surface area contributed by atoms with Gasteiger partial charge in [-0.25, -0.2) is 9.59 Å². The fraction of sp³-hybridized carbons (Fsp3) is 0.895. The van der Waals surface area contributed by atoms with Gasteiger partial charge in [0.05, 0.1) is 13.7 Å². The maximum Gasteiger partial charge on any atom is 0.410 e. The first-order valence-corrected chi connectivity index (χ1v) is 9.88. The lowest BCUT2D eigenvalue weighted by atomic mass is 9.88. The zero-order chi connectivity index (χ0) is 18.7. The first kappa shape index (κ1) is 19.4. The molecule has 0 spiro atoms. The molecule has 0 saturated carbocycles. The van der Waals surface area contributed by atoms with Gasteiger partial charge in [-0.05, 0) is 64.5 Å². The van der Waals surface area contributed by atoms with Crippen molar-refractivity contribution in [3.8, 4) is 0 Å². The van der Waals surface area contributed by atoms with Crippen molar-refractivity contribution in [1.82, 2.24) is 9.80 Å². The standard InChI is InChI=1S/C19H32N2O5/c1-4-26-19(23)21-14-5-6-15(21)12-16(11-14)20-9-7-13(8-10-20)17(24-2)18(22)25-3/h13-17H,4-12H2,1-3H3. The second-order valence-corrected chi connectivity index (χ2v) is 7.67. The van der Waals surface area contributed by atoms with Gasteiger partial charge in [0.2, 0.25) is 0 Å². The molecule has 0 aliphatic carbocycles. The molecule has 3 fully saturated rings. The Morgan fingerprint density at radius 3 is 2.12 bits per heavy atom. The van der Waals surface area contributed by atoms with Crippen molar-refractivity contribution in [3.05, 3.63) is 0 Å². The molecule has 0 radical (unpaired) electrons. The van der Waals surface area contributed by atoms with E-state index in [4.69, 9.17) is 14.2 Å². The minimum Gasteiger partial charge on any atom is -0.467 e. The van der Waals surface area contributed by atoms with Gasteiger partial charge in [0, 0.05) is 25.2 Å². The summed E-state index contributed by atoms with van der Waals surface area (Å²) in [6, 6.07) is 1.16. The van der Waals surface area contributed by atoms with Crippen LogP contribution in [0.25, 0.3) is 0 Å². The Morgan fingerprint density at radius 1 is 1.00 bits per heavy atom. The normalized spacial score (nSPS) is 30.9. The quantitative estimate of drug-likeness (QED) is 0.692. The molecule has 2 bridgehead atoms. The van der Waals surface area contributed by atoms with Crippen molar-refractivity contribution in [2.75, 3.05) is 33.9 Å². The second kappa shape index (κ2) is 8.57. The number of amides is 1. The van der Waals surface area contributed by atoms with Gasteiger partial charge in [-0.1, -0.05) is 0 Å². The van der Waals surface area contributed by atoms with E-state index in [2.05, 4.69) is 4.90 Å². The Labute approximate surface area is 155 Å². The topological polar surface area (TPSA) is 68.3 Å². The van der Waals surface area contributed by atoms with E-state index in [-0.39, 0.29) is 18.0 Å². The zero-order valence-electron chi connectivity index (χ0n) is 16.2. The van der Waals surface area contributed by atoms with Crippen LogP contribution in [0, 0.1) is 5.92 Å². The Hall–Kier alpha value is -1.34. The van der Waals surface area contributed by atoms with Crippen LogP contribution in [-0.2, 0) is 19.0 Å². The predicted molar refractivity (Wildman–Crippen MR) is 95.8 cm³/mol. The van der Waals surface area contributed by atoms with E-state index in [1.54, 1.807) is 7.11 Å². The first-order valence-electron chi connectivity index (χ1n) is 9.88. The summed E-state index contributed by atoms with van der Waals surface area (Å²) in [7, 11) is 2.99. The van der Waals surface area contributed by atoms with Gasteiger partial charge >= 0.3 is 12.1 Å². The number of hydrogen-bond donors (Lipinski definition) is 0. The van der Waals surface area contributed by atoms with Crippen molar-refractivity contribution >= 4 is 12.1 Å². The summed E-state index contributed by atoms with van der Waals surface area (Å²) in [4.78, 5) is 28.6. The van der Waals surface area contributed by atoms with Gasteiger partial charge in [0.1, 0.15) is 0 Å². The number of rotatable bonds is 5. The van der Waals surface area contributed by atoms with Crippen LogP contribution in [0.1, 0.15) is 45.4 Å². The lowest BCUT2D eigenvalue weighted by Crippen LogP contribution is -2.54. The highest BCUT2D eigenvalue weighted by molar-refractivity contribution is 5.74. The van der Waals surface area contributed by atoms with Gasteiger partial charge < -0.3 is 24.0 Å². The molecule has 3 saturated heterocycles. The highest BCUT2D eigenvalue weighted by Crippen LogP contribution is 2.39. The molecule has 3 unspecified atom stereocenters. The maximum absolute atomic E-state index is 12.2. The minimum atomic E-state index is -0.455. The average Bonchev–Trinajstić information content (AvgIpc) is 2.93. The number of hydrogen-bond acceptors (Lipinski definition) is 6. The predicted octanol–water partition coefficient (Wildman–Crippen LogP) is 2.04. The molecule has 3 rings (SSSR count). The summed E-state index contributed by atoms with van der Waals surface area (Å²) < 4.78 is 15.5. The van der Waals surface area contributed by atoms with Crippen molar-refractivity contribution in [2.24, 2.45) is 5.92 Å². The molecule has 0 aromatic rings. The van der Waals surface area contributed by atoms with E-state index >= 15 is 0 Å². The van der Waals surface area contributed by atoms with Crippen LogP contribution in [0.4, 0.5) is 4.79 Å². The molecule has 7 heteroatoms. The van der Waals surface area contributed by atoms with E-state index in [1.165, 1.54) is 7.11 Å². The number of fused-ring (bicyclic) bond motifs is 2. The molecule has 3 aliphatic rings. The number of methoxy groups -OCH3 is 2. The highest BCUT2D eigenvalue weighted by Gasteiger charge is 2.46. The van der Waals surface area contributed by atoms with Crippen molar-refractivity contribution in [3.63, 3.8) is 0 Å². The molecular weight excluding hydrogens is 336 g/mol. The number of piperidine rings is 2. The number of nitrogens with zero attached hydrogens (tertiary/aromatic N) is 2. The van der Waals surface area contributed by atoms with Crippen LogP contribution < -0.4 is 0 Å². The number of likely N-dealkylation sites (tertiary alicyclic amines) is 1. The van der Waals surface area contributed by atoms with Gasteiger partial charge in [0.25, 0.3) is 0 Å². The van der Waals surface area contributed by atoms with Gasteiger partial charge in [-0.15, -0.1) is 0 Å². The number of carbonyl (C=O) groups is 2. The monoisotopic (exact) mass is 368 g/mol. The molecule has 0 aromatic carbocycles. The molecular formula is C19H32N2O5. The van der Waals surface area contributed by atoms with Gasteiger partial charge in [-0.3, -0.25) is 0 Å². The molecule has 3 aliphatic heterocycles. The SMILES string of the molecule is CCOC(=O)N1C2CCC1CC(N1CCC(C(OC)C(=O)OC)CC1)C2. The minimum absolute atomic E-state index is 0.141. The lowest BCUT2D eigenvalue weighted by molar-refractivity contribution is -0.157. The number of esters is 1. The molecule has 0 aromatic heterocycles. The summed E-state index contributed by atoms with van der Waals surface area (Å²) >= 11 is 0. The van der Waals surface area contributed by atoms with Crippen LogP contribution >= 0.6 is 0 Å². The molecule has 0 N–H and O–H groups in total. The molecule has 7 nitrogen and oxygen atoms in total. The fourth-order valence-electron chi connectivity index (χ4n) is 5.13. The van der Waals surface area contributed by atoms with Crippen molar-refractivity contribution in [2.45, 2.75) is 69.7 Å². The molecule has 3 atom stereocenters. The van der Waals surface area contributed by atoms with Crippen LogP contribution in [0.5, 0.6) is 0 Å². The summed E-state index contributed by atoms with van der Waals surface area (Å²) in [6.45, 7) is 4.25. The van der Waals surface area contributed by atoms with Gasteiger partial charge in [-0.2, -0.15) is 0 Å². The van der Waals surface area contributed by atoms with E-state index in [9.17, 15) is 9.59 Å². The van der Waals surface area contributed by atoms with Crippen LogP contribution in [-0.4, -0.2) is 80.0 Å². The zero-order valence-corrected chi connectivity index (χ0v) is 16.2. The van der Waals surface area contributed by atoms with Crippen LogP contribution in [0.2, 0.25) is 0 Å². The Balaban J connectivity index is 1.54. The van der Waals surface area contributed by atoms with Crippen LogP contribution in [0.3, 0.4) is 0 Å². The summed E-state index contributed by atoms with van der Waals surface area (Å²) in [6.07, 6.45) is 5.54. The Kier molecular flexibility index (Phi) is 6.40.